The monoisotopic (exact) mass is 412 g/mol. The highest BCUT2D eigenvalue weighted by molar-refractivity contribution is 6.45. The summed E-state index contributed by atoms with van der Waals surface area (Å²) in [5.41, 5.74) is 0.342. The molecule has 1 unspecified atom stereocenters. The van der Waals surface area contributed by atoms with Gasteiger partial charge < -0.3 is 9.47 Å². The summed E-state index contributed by atoms with van der Waals surface area (Å²) < 4.78 is 10.8. The number of ketones is 1. The summed E-state index contributed by atoms with van der Waals surface area (Å²) in [4.78, 5) is 25.1. The van der Waals surface area contributed by atoms with E-state index in [1.165, 1.54) is 12.8 Å². The van der Waals surface area contributed by atoms with Gasteiger partial charge in [0.2, 0.25) is 0 Å². The molecule has 0 saturated heterocycles. The summed E-state index contributed by atoms with van der Waals surface area (Å²) in [6, 6.07) is 1.76. The van der Waals surface area contributed by atoms with Crippen molar-refractivity contribution >= 4 is 35.0 Å². The van der Waals surface area contributed by atoms with E-state index in [9.17, 15) is 9.59 Å². The first-order valence-electron chi connectivity index (χ1n) is 9.43. The largest absolute Gasteiger partial charge is 0.480 e. The fourth-order valence-corrected chi connectivity index (χ4v) is 4.81. The van der Waals surface area contributed by atoms with Gasteiger partial charge in [-0.2, -0.15) is 0 Å². The molecule has 0 aromatic heterocycles. The molecule has 0 heterocycles. The first-order chi connectivity index (χ1) is 12.5. The Bertz CT molecular complexity index is 775. The van der Waals surface area contributed by atoms with Crippen molar-refractivity contribution in [3.05, 3.63) is 27.2 Å². The molecule has 6 heteroatoms. The summed E-state index contributed by atoms with van der Waals surface area (Å²) in [5.74, 6) is 0.283. The molecule has 3 rings (SSSR count). The second-order valence-electron chi connectivity index (χ2n) is 8.82. The van der Waals surface area contributed by atoms with Crippen molar-refractivity contribution in [3.8, 4) is 5.75 Å². The van der Waals surface area contributed by atoms with Crippen LogP contribution in [0.5, 0.6) is 5.75 Å². The molecule has 148 valence electrons. The summed E-state index contributed by atoms with van der Waals surface area (Å²) >= 11 is 12.8. The number of halogens is 2. The average Bonchev–Trinajstić information content (AvgIpc) is 3.17. The lowest BCUT2D eigenvalue weighted by Gasteiger charge is -2.29. The Balaban J connectivity index is 1.83. The second kappa shape index (κ2) is 7.29. The molecule has 0 bridgehead atoms. The quantitative estimate of drug-likeness (QED) is 0.599. The smallest absolute Gasteiger partial charge is 0.344 e. The van der Waals surface area contributed by atoms with Crippen LogP contribution in [0.4, 0.5) is 0 Å². The van der Waals surface area contributed by atoms with E-state index in [4.69, 9.17) is 32.7 Å². The normalized spacial score (nSPS) is 22.8. The zero-order valence-electron chi connectivity index (χ0n) is 16.3. The number of carbonyl (C=O) groups excluding carboxylic acids is 2. The molecule has 0 amide bonds. The molecule has 0 radical (unpaired) electrons. The lowest BCUT2D eigenvalue weighted by Crippen LogP contribution is -2.32. The number of benzene rings is 1. The number of ether oxygens (including phenoxy) is 2. The number of hydrogen-bond acceptors (Lipinski definition) is 4. The van der Waals surface area contributed by atoms with E-state index in [1.54, 1.807) is 26.8 Å². The van der Waals surface area contributed by atoms with Gasteiger partial charge in [0, 0.05) is 11.0 Å². The van der Waals surface area contributed by atoms with Gasteiger partial charge in [-0.05, 0) is 57.6 Å². The molecular formula is C21H26Cl2O4. The van der Waals surface area contributed by atoms with E-state index in [0.717, 1.165) is 18.4 Å². The van der Waals surface area contributed by atoms with Crippen LogP contribution in [0, 0.1) is 11.3 Å². The van der Waals surface area contributed by atoms with Crippen LogP contribution in [0.3, 0.4) is 0 Å². The first kappa shape index (κ1) is 20.5. The number of carbonyl (C=O) groups is 2. The van der Waals surface area contributed by atoms with Crippen LogP contribution in [0.1, 0.15) is 69.3 Å². The molecule has 0 N–H and O–H groups in total. The molecule has 2 aliphatic carbocycles. The summed E-state index contributed by atoms with van der Waals surface area (Å²) in [5, 5.41) is 0.392. The van der Waals surface area contributed by atoms with Gasteiger partial charge in [0.15, 0.2) is 12.4 Å². The number of Topliss-reactive ketones (excluding diaryl/α,β-unsaturated/α-hetero) is 1. The predicted molar refractivity (Wildman–Crippen MR) is 106 cm³/mol. The third kappa shape index (κ3) is 3.97. The van der Waals surface area contributed by atoms with Crippen LogP contribution in [0.25, 0.3) is 0 Å². The van der Waals surface area contributed by atoms with Crippen molar-refractivity contribution in [2.75, 3.05) is 6.61 Å². The van der Waals surface area contributed by atoms with Crippen molar-refractivity contribution in [1.82, 2.24) is 0 Å². The summed E-state index contributed by atoms with van der Waals surface area (Å²) in [6.45, 7) is 7.15. The van der Waals surface area contributed by atoms with Gasteiger partial charge in [0.05, 0.1) is 5.02 Å². The van der Waals surface area contributed by atoms with Crippen molar-refractivity contribution < 1.29 is 19.1 Å². The van der Waals surface area contributed by atoms with Gasteiger partial charge in [-0.3, -0.25) is 4.79 Å². The molecule has 27 heavy (non-hydrogen) atoms. The molecule has 1 saturated carbocycles. The minimum Gasteiger partial charge on any atom is -0.480 e. The van der Waals surface area contributed by atoms with E-state index in [0.29, 0.717) is 23.7 Å². The minimum absolute atomic E-state index is 0.0787. The Kier molecular flexibility index (Phi) is 5.53. The van der Waals surface area contributed by atoms with Crippen LogP contribution in [0.2, 0.25) is 10.0 Å². The fraction of sp³-hybridized carbons (Fsp3) is 0.619. The molecule has 4 nitrogen and oxygen atoms in total. The molecule has 1 aromatic carbocycles. The van der Waals surface area contributed by atoms with Crippen LogP contribution in [0.15, 0.2) is 6.07 Å². The van der Waals surface area contributed by atoms with Crippen molar-refractivity contribution in [2.24, 2.45) is 11.3 Å². The summed E-state index contributed by atoms with van der Waals surface area (Å²) in [7, 11) is 0. The van der Waals surface area contributed by atoms with Crippen molar-refractivity contribution in [3.63, 3.8) is 0 Å². The number of rotatable bonds is 4. The molecule has 0 aliphatic heterocycles. The highest BCUT2D eigenvalue weighted by Crippen LogP contribution is 2.52. The van der Waals surface area contributed by atoms with Gasteiger partial charge in [-0.25, -0.2) is 4.79 Å². The second-order valence-corrected chi connectivity index (χ2v) is 9.57. The zero-order valence-corrected chi connectivity index (χ0v) is 17.8. The Labute approximate surface area is 170 Å². The van der Waals surface area contributed by atoms with Gasteiger partial charge in [-0.15, -0.1) is 0 Å². The van der Waals surface area contributed by atoms with Crippen molar-refractivity contribution in [2.45, 2.75) is 65.4 Å². The Morgan fingerprint density at radius 3 is 2.44 bits per heavy atom. The first-order valence-corrected chi connectivity index (χ1v) is 10.2. The maximum atomic E-state index is 13.2. The van der Waals surface area contributed by atoms with E-state index in [1.807, 2.05) is 6.92 Å². The lowest BCUT2D eigenvalue weighted by molar-refractivity contribution is -0.157. The Morgan fingerprint density at radius 2 is 1.85 bits per heavy atom. The van der Waals surface area contributed by atoms with E-state index >= 15 is 0 Å². The average molecular weight is 413 g/mol. The molecule has 1 fully saturated rings. The Morgan fingerprint density at radius 1 is 1.22 bits per heavy atom. The van der Waals surface area contributed by atoms with E-state index in [-0.39, 0.29) is 22.4 Å². The van der Waals surface area contributed by atoms with Crippen LogP contribution < -0.4 is 4.74 Å². The topological polar surface area (TPSA) is 52.6 Å². The van der Waals surface area contributed by atoms with Crippen LogP contribution >= 0.6 is 23.2 Å². The number of hydrogen-bond donors (Lipinski definition) is 0. The maximum Gasteiger partial charge on any atom is 0.344 e. The highest BCUT2D eigenvalue weighted by Gasteiger charge is 2.49. The van der Waals surface area contributed by atoms with Gasteiger partial charge in [-0.1, -0.05) is 43.0 Å². The standard InChI is InChI=1S/C21H26Cl2O4/c1-20(2,3)27-15(24)11-26-14-9-12-10-21(4,13-7-5-6-8-13)19(25)16(12)18(23)17(14)22/h9,13H,5-8,10-11H2,1-4H3. The third-order valence-electron chi connectivity index (χ3n) is 5.58. The maximum absolute atomic E-state index is 13.2. The third-order valence-corrected chi connectivity index (χ3v) is 6.43. The number of esters is 1. The molecule has 1 aromatic rings. The van der Waals surface area contributed by atoms with Gasteiger partial charge in [0.1, 0.15) is 16.4 Å². The lowest BCUT2D eigenvalue weighted by atomic mass is 9.73. The Hall–Kier alpha value is -1.26. The fourth-order valence-electron chi connectivity index (χ4n) is 4.30. The highest BCUT2D eigenvalue weighted by atomic mass is 35.5. The molecular weight excluding hydrogens is 387 g/mol. The minimum atomic E-state index is -0.588. The molecule has 1 atom stereocenters. The van der Waals surface area contributed by atoms with E-state index < -0.39 is 17.0 Å². The van der Waals surface area contributed by atoms with Gasteiger partial charge in [0.25, 0.3) is 0 Å². The zero-order chi connectivity index (χ0) is 20.0. The number of fused-ring (bicyclic) bond motifs is 1. The predicted octanol–water partition coefficient (Wildman–Crippen LogP) is 5.65. The van der Waals surface area contributed by atoms with E-state index in [2.05, 4.69) is 0 Å². The summed E-state index contributed by atoms with van der Waals surface area (Å²) in [6.07, 6.45) is 5.12. The molecule has 0 spiro atoms. The van der Waals surface area contributed by atoms with Crippen LogP contribution in [-0.2, 0) is 16.0 Å². The van der Waals surface area contributed by atoms with Crippen LogP contribution in [-0.4, -0.2) is 24.0 Å². The molecule has 2 aliphatic rings. The van der Waals surface area contributed by atoms with Gasteiger partial charge >= 0.3 is 5.97 Å². The SMILES string of the molecule is CC(C)(C)OC(=O)COc1cc2c(c(Cl)c1Cl)C(=O)C(C)(C1CCCC1)C2. The van der Waals surface area contributed by atoms with Crippen molar-refractivity contribution in [1.29, 1.82) is 0 Å².